The minimum absolute atomic E-state index is 0.0482. The third-order valence-electron chi connectivity index (χ3n) is 6.93. The number of carbonyl (C=O) groups is 2. The number of benzene rings is 1. The number of hydrogen-bond donors (Lipinski definition) is 3. The number of hydrogen-bond acceptors (Lipinski definition) is 11. The number of ether oxygens (including phenoxy) is 2. The van der Waals surface area contributed by atoms with E-state index in [0.29, 0.717) is 12.8 Å². The van der Waals surface area contributed by atoms with E-state index < -0.39 is 36.7 Å². The quantitative estimate of drug-likeness (QED) is 0.157. The van der Waals surface area contributed by atoms with Gasteiger partial charge in [0.25, 0.3) is 5.56 Å². The fraction of sp³-hybridized carbons (Fsp3) is 0.500. The molecule has 45 heavy (non-hydrogen) atoms. The first-order valence-corrected chi connectivity index (χ1v) is 16.3. The van der Waals surface area contributed by atoms with Crippen LogP contribution in [0.4, 0.5) is 5.95 Å². The van der Waals surface area contributed by atoms with Crippen molar-refractivity contribution in [2.24, 2.45) is 17.3 Å². The van der Waals surface area contributed by atoms with Crippen LogP contribution in [0.3, 0.4) is 0 Å². The number of nitrogens with two attached hydrogens (primary N) is 1. The van der Waals surface area contributed by atoms with Crippen LogP contribution in [0.2, 0.25) is 0 Å². The Bertz CT molecular complexity index is 1650. The number of nitrogens with one attached hydrogen (secondary N) is 2. The highest BCUT2D eigenvalue weighted by Crippen LogP contribution is 2.56. The summed E-state index contributed by atoms with van der Waals surface area (Å²) in [6.07, 6.45) is 3.44. The summed E-state index contributed by atoms with van der Waals surface area (Å²) >= 11 is 0. The van der Waals surface area contributed by atoms with Crippen LogP contribution in [0.15, 0.2) is 47.0 Å². The molecule has 2 aromatic heterocycles. The highest BCUT2D eigenvalue weighted by molar-refractivity contribution is 7.52. The molecule has 15 heteroatoms. The summed E-state index contributed by atoms with van der Waals surface area (Å²) in [6, 6.07) is 7.47. The van der Waals surface area contributed by atoms with Gasteiger partial charge < -0.3 is 19.7 Å². The van der Waals surface area contributed by atoms with Gasteiger partial charge in [-0.3, -0.25) is 28.5 Å². The van der Waals surface area contributed by atoms with Crippen molar-refractivity contribution in [1.82, 2.24) is 24.6 Å². The molecule has 0 radical (unpaired) electrons. The van der Waals surface area contributed by atoms with Crippen molar-refractivity contribution in [3.8, 4) is 5.75 Å². The van der Waals surface area contributed by atoms with Gasteiger partial charge in [-0.15, -0.1) is 0 Å². The van der Waals surface area contributed by atoms with Crippen molar-refractivity contribution >= 4 is 43.0 Å². The van der Waals surface area contributed by atoms with E-state index in [1.54, 1.807) is 68.8 Å². The smallest absolute Gasteiger partial charge is 0.459 e. The molecule has 1 aliphatic rings. The summed E-state index contributed by atoms with van der Waals surface area (Å²) in [7, 11) is -4.24. The number of aromatic amines is 1. The molecule has 244 valence electrons. The zero-order valence-electron chi connectivity index (χ0n) is 26.3. The lowest BCUT2D eigenvalue weighted by Gasteiger charge is -2.27. The van der Waals surface area contributed by atoms with Gasteiger partial charge in [0.05, 0.1) is 24.0 Å². The number of rotatable bonds is 15. The first kappa shape index (κ1) is 33.9. The highest BCUT2D eigenvalue weighted by Gasteiger charge is 2.52. The molecular weight excluding hydrogens is 603 g/mol. The maximum absolute atomic E-state index is 14.4. The molecule has 4 rings (SSSR count). The predicted molar refractivity (Wildman–Crippen MR) is 168 cm³/mol. The SMILES string of the molecule is CC(C)CC(N[P@](=O)(OCC1(COC(=O)C(C)C)C/C1=C/n1cnc2c(=O)[nH]c(N)nc21)Oc1ccccc1)C(=O)OC(C)C. The minimum Gasteiger partial charge on any atom is -0.464 e. The van der Waals surface area contributed by atoms with Crippen molar-refractivity contribution in [3.63, 3.8) is 0 Å². The number of anilines is 1. The highest BCUT2D eigenvalue weighted by atomic mass is 31.2. The van der Waals surface area contributed by atoms with Crippen molar-refractivity contribution in [1.29, 1.82) is 0 Å². The molecular formula is C30H41N6O8P. The molecule has 3 atom stereocenters. The lowest BCUT2D eigenvalue weighted by Crippen LogP contribution is -2.40. The molecule has 4 N–H and O–H groups in total. The second-order valence-corrected chi connectivity index (χ2v) is 13.8. The van der Waals surface area contributed by atoms with Gasteiger partial charge in [0.1, 0.15) is 24.7 Å². The fourth-order valence-electron chi connectivity index (χ4n) is 4.51. The second kappa shape index (κ2) is 14.0. The van der Waals surface area contributed by atoms with E-state index in [1.807, 2.05) is 13.8 Å². The number of nitrogen functional groups attached to an aromatic ring is 1. The molecule has 2 heterocycles. The standard InChI is InChI=1S/C30H41N6O8P/c1-18(2)12-23(28(39)43-20(5)6)35-45(40,44-22-10-8-7-9-11-22)42-16-30(15-41-27(38)19(3)4)13-21(30)14-36-17-32-24-25(36)33-29(31)34-26(24)37/h7-11,14,17-20,23H,12-13,15-16H2,1-6H3,(H,35,40)(H3,31,33,34,37)/b21-14-/t23?,30?,45-/m0/s1. The van der Waals surface area contributed by atoms with Crippen LogP contribution < -0.4 is 20.9 Å². The Morgan fingerprint density at radius 1 is 1.13 bits per heavy atom. The molecule has 1 saturated carbocycles. The zero-order chi connectivity index (χ0) is 32.9. The largest absolute Gasteiger partial charge is 0.464 e. The maximum Gasteiger partial charge on any atom is 0.459 e. The minimum atomic E-state index is -4.24. The van der Waals surface area contributed by atoms with Gasteiger partial charge in [-0.25, -0.2) is 9.55 Å². The number of nitrogens with zero attached hydrogens (tertiary/aromatic N) is 3. The molecule has 2 unspecified atom stereocenters. The van der Waals surface area contributed by atoms with Crippen LogP contribution in [0.1, 0.15) is 54.4 Å². The molecule has 0 amide bonds. The fourth-order valence-corrected chi connectivity index (χ4v) is 6.10. The Balaban J connectivity index is 1.66. The summed E-state index contributed by atoms with van der Waals surface area (Å²) in [5.41, 5.74) is 5.47. The third kappa shape index (κ3) is 8.80. The Morgan fingerprint density at radius 2 is 1.84 bits per heavy atom. The number of para-hydroxylation sites is 1. The van der Waals surface area contributed by atoms with Gasteiger partial charge in [0.2, 0.25) is 5.95 Å². The Hall–Kier alpha value is -4.00. The normalized spacial score (nSPS) is 19.2. The maximum atomic E-state index is 14.4. The monoisotopic (exact) mass is 644 g/mol. The Kier molecular flexibility index (Phi) is 10.5. The van der Waals surface area contributed by atoms with Crippen LogP contribution in [-0.4, -0.2) is 56.8 Å². The summed E-state index contributed by atoms with van der Waals surface area (Å²) in [6.45, 7) is 10.5. The van der Waals surface area contributed by atoms with Gasteiger partial charge in [-0.05, 0) is 50.3 Å². The van der Waals surface area contributed by atoms with E-state index in [-0.39, 0.29) is 54.0 Å². The number of carbonyl (C=O) groups excluding carboxylic acids is 2. The van der Waals surface area contributed by atoms with Gasteiger partial charge in [-0.1, -0.05) is 45.9 Å². The molecule has 1 aliphatic carbocycles. The lowest BCUT2D eigenvalue weighted by atomic mass is 10.0. The molecule has 3 aromatic rings. The molecule has 0 spiro atoms. The molecule has 1 fully saturated rings. The van der Waals surface area contributed by atoms with Crippen LogP contribution in [0, 0.1) is 17.3 Å². The topological polar surface area (TPSA) is 190 Å². The van der Waals surface area contributed by atoms with Gasteiger partial charge in [0.15, 0.2) is 11.2 Å². The number of fused-ring (bicyclic) bond motifs is 1. The van der Waals surface area contributed by atoms with Crippen molar-refractivity contribution < 1.29 is 32.7 Å². The van der Waals surface area contributed by atoms with E-state index in [9.17, 15) is 18.9 Å². The first-order chi connectivity index (χ1) is 21.2. The number of imidazole rings is 1. The predicted octanol–water partition coefficient (Wildman–Crippen LogP) is 4.29. The summed E-state index contributed by atoms with van der Waals surface area (Å²) < 4.78 is 38.9. The van der Waals surface area contributed by atoms with Crippen molar-refractivity contribution in [2.75, 3.05) is 18.9 Å². The first-order valence-electron chi connectivity index (χ1n) is 14.8. The molecule has 0 aliphatic heterocycles. The Labute approximate surface area is 261 Å². The molecule has 14 nitrogen and oxygen atoms in total. The average Bonchev–Trinajstić information content (AvgIpc) is 3.49. The van der Waals surface area contributed by atoms with Crippen molar-refractivity contribution in [2.45, 2.75) is 66.5 Å². The molecule has 0 bridgehead atoms. The van der Waals surface area contributed by atoms with E-state index in [0.717, 1.165) is 5.57 Å². The van der Waals surface area contributed by atoms with Gasteiger partial charge in [0, 0.05) is 6.20 Å². The van der Waals surface area contributed by atoms with E-state index in [2.05, 4.69) is 20.0 Å². The summed E-state index contributed by atoms with van der Waals surface area (Å²) in [5.74, 6) is -1.12. The van der Waals surface area contributed by atoms with E-state index in [1.165, 1.54) is 6.33 Å². The zero-order valence-corrected chi connectivity index (χ0v) is 27.2. The van der Waals surface area contributed by atoms with Crippen LogP contribution in [0.5, 0.6) is 5.75 Å². The Morgan fingerprint density at radius 3 is 2.49 bits per heavy atom. The van der Waals surface area contributed by atoms with Crippen molar-refractivity contribution in [3.05, 3.63) is 52.6 Å². The van der Waals surface area contributed by atoms with Gasteiger partial charge >= 0.3 is 19.7 Å². The average molecular weight is 645 g/mol. The van der Waals surface area contributed by atoms with Gasteiger partial charge in [-0.2, -0.15) is 10.1 Å². The summed E-state index contributed by atoms with van der Waals surface area (Å²) in [4.78, 5) is 48.5. The third-order valence-corrected chi connectivity index (χ3v) is 8.48. The van der Waals surface area contributed by atoms with Crippen LogP contribution in [0.25, 0.3) is 17.4 Å². The summed E-state index contributed by atoms with van der Waals surface area (Å²) in [5, 5.41) is 2.83. The number of H-pyrrole nitrogens is 1. The van der Waals surface area contributed by atoms with Crippen LogP contribution in [-0.2, 0) is 28.2 Å². The lowest BCUT2D eigenvalue weighted by molar-refractivity contribution is -0.150. The number of esters is 2. The van der Waals surface area contributed by atoms with E-state index in [4.69, 9.17) is 24.3 Å². The molecule has 1 aromatic carbocycles. The second-order valence-electron chi connectivity index (χ2n) is 12.1. The van der Waals surface area contributed by atoms with Crippen LogP contribution >= 0.6 is 7.75 Å². The van der Waals surface area contributed by atoms with E-state index >= 15 is 0 Å². The molecule has 0 saturated heterocycles. The number of aromatic nitrogens is 4.